The Morgan fingerprint density at radius 1 is 0.846 bits per heavy atom. The third kappa shape index (κ3) is 5.31. The SMILES string of the molecule is NCC(OC(=O)C(F)(F)F)N(Cc1cccc2ccccc12)C(=O)OCC1c2ccccc2-c2ccccc21. The summed E-state index contributed by atoms with van der Waals surface area (Å²) in [6.07, 6.45) is -7.90. The molecule has 4 aromatic rings. The maximum Gasteiger partial charge on any atom is 0.491 e. The average molecular weight is 535 g/mol. The molecule has 1 atom stereocenters. The fourth-order valence-corrected chi connectivity index (χ4v) is 5.00. The van der Waals surface area contributed by atoms with Crippen LogP contribution in [0.4, 0.5) is 18.0 Å². The summed E-state index contributed by atoms with van der Waals surface area (Å²) in [5, 5.41) is 1.66. The van der Waals surface area contributed by atoms with Crippen LogP contribution in [0.15, 0.2) is 91.0 Å². The molecule has 1 amide bonds. The van der Waals surface area contributed by atoms with Crippen LogP contribution in [0.1, 0.15) is 22.6 Å². The van der Waals surface area contributed by atoms with Gasteiger partial charge in [-0.05, 0) is 38.6 Å². The molecule has 0 fully saturated rings. The molecule has 6 nitrogen and oxygen atoms in total. The van der Waals surface area contributed by atoms with Gasteiger partial charge in [0.05, 0.1) is 6.54 Å². The first kappa shape index (κ1) is 26.2. The Hall–Kier alpha value is -4.37. The number of alkyl halides is 3. The van der Waals surface area contributed by atoms with Crippen LogP contribution in [-0.2, 0) is 20.8 Å². The van der Waals surface area contributed by atoms with E-state index in [-0.39, 0.29) is 19.1 Å². The van der Waals surface area contributed by atoms with Gasteiger partial charge in [0.1, 0.15) is 6.61 Å². The van der Waals surface area contributed by atoms with E-state index in [0.717, 1.165) is 37.9 Å². The molecular weight excluding hydrogens is 509 g/mol. The molecule has 39 heavy (non-hydrogen) atoms. The van der Waals surface area contributed by atoms with Crippen LogP contribution < -0.4 is 5.73 Å². The van der Waals surface area contributed by atoms with Gasteiger partial charge in [0.25, 0.3) is 0 Å². The highest BCUT2D eigenvalue weighted by atomic mass is 19.4. The second kappa shape index (κ2) is 10.8. The molecule has 200 valence electrons. The lowest BCUT2D eigenvalue weighted by Gasteiger charge is -2.30. The number of benzene rings is 4. The number of carbonyl (C=O) groups is 2. The van der Waals surface area contributed by atoms with Crippen LogP contribution in [0.5, 0.6) is 0 Å². The zero-order valence-corrected chi connectivity index (χ0v) is 20.7. The smallest absolute Gasteiger partial charge is 0.448 e. The van der Waals surface area contributed by atoms with E-state index in [1.807, 2.05) is 78.9 Å². The van der Waals surface area contributed by atoms with E-state index in [9.17, 15) is 22.8 Å². The van der Waals surface area contributed by atoms with Crippen LogP contribution >= 0.6 is 0 Å². The Morgan fingerprint density at radius 2 is 1.44 bits per heavy atom. The second-order valence-corrected chi connectivity index (χ2v) is 9.16. The molecule has 9 heteroatoms. The lowest BCUT2D eigenvalue weighted by Crippen LogP contribution is -2.48. The molecule has 1 unspecified atom stereocenters. The highest BCUT2D eigenvalue weighted by molar-refractivity contribution is 5.86. The molecule has 0 bridgehead atoms. The van der Waals surface area contributed by atoms with Gasteiger partial charge in [0, 0.05) is 12.5 Å². The van der Waals surface area contributed by atoms with Gasteiger partial charge in [-0.3, -0.25) is 4.90 Å². The fourth-order valence-electron chi connectivity index (χ4n) is 5.00. The number of rotatable bonds is 7. The average Bonchev–Trinajstić information content (AvgIpc) is 3.26. The Bertz CT molecular complexity index is 1470. The molecular formula is C30H25F3N2O4. The van der Waals surface area contributed by atoms with Gasteiger partial charge in [-0.1, -0.05) is 91.0 Å². The van der Waals surface area contributed by atoms with E-state index < -0.39 is 31.0 Å². The zero-order valence-electron chi connectivity index (χ0n) is 20.7. The third-order valence-electron chi connectivity index (χ3n) is 6.81. The van der Waals surface area contributed by atoms with Crippen molar-refractivity contribution < 1.29 is 32.2 Å². The summed E-state index contributed by atoms with van der Waals surface area (Å²) in [5.74, 6) is -2.71. The number of carbonyl (C=O) groups excluding carboxylic acids is 2. The van der Waals surface area contributed by atoms with E-state index in [1.54, 1.807) is 12.1 Å². The van der Waals surface area contributed by atoms with Gasteiger partial charge in [0.15, 0.2) is 6.23 Å². The molecule has 0 aliphatic heterocycles. The van der Waals surface area contributed by atoms with Crippen LogP contribution in [0.2, 0.25) is 0 Å². The summed E-state index contributed by atoms with van der Waals surface area (Å²) in [5.41, 5.74) is 10.4. The zero-order chi connectivity index (χ0) is 27.6. The van der Waals surface area contributed by atoms with Crippen molar-refractivity contribution >= 4 is 22.8 Å². The Balaban J connectivity index is 1.43. The summed E-state index contributed by atoms with van der Waals surface area (Å²) < 4.78 is 49.4. The fraction of sp³-hybridized carbons (Fsp3) is 0.200. The summed E-state index contributed by atoms with van der Waals surface area (Å²) in [6, 6.07) is 28.3. The molecule has 5 rings (SSSR count). The largest absolute Gasteiger partial charge is 0.491 e. The maximum atomic E-state index is 13.5. The number of nitrogens with two attached hydrogens (primary N) is 1. The first-order valence-electron chi connectivity index (χ1n) is 12.3. The van der Waals surface area contributed by atoms with Gasteiger partial charge in [-0.15, -0.1) is 0 Å². The van der Waals surface area contributed by atoms with Gasteiger partial charge in [-0.25, -0.2) is 9.59 Å². The molecule has 1 aliphatic rings. The topological polar surface area (TPSA) is 81.9 Å². The molecule has 4 aromatic carbocycles. The Kier molecular flexibility index (Phi) is 7.26. The predicted molar refractivity (Wildman–Crippen MR) is 140 cm³/mol. The molecule has 0 heterocycles. The minimum Gasteiger partial charge on any atom is -0.448 e. The first-order chi connectivity index (χ1) is 18.8. The standard InChI is InChI=1S/C30H25F3N2O4/c31-30(32,33)28(36)39-27(16-34)35(17-20-10-7-9-19-8-1-2-11-21(19)20)29(37)38-18-26-24-14-5-3-12-22(24)23-13-4-6-15-25(23)26/h1-15,26-27H,16-18,34H2. The number of nitrogens with zero attached hydrogens (tertiary/aromatic N) is 1. The van der Waals surface area contributed by atoms with Crippen molar-refractivity contribution in [3.63, 3.8) is 0 Å². The van der Waals surface area contributed by atoms with Gasteiger partial charge in [-0.2, -0.15) is 13.2 Å². The van der Waals surface area contributed by atoms with Gasteiger partial charge in [0.2, 0.25) is 0 Å². The van der Waals surface area contributed by atoms with E-state index >= 15 is 0 Å². The molecule has 0 aromatic heterocycles. The summed E-state index contributed by atoms with van der Waals surface area (Å²) in [4.78, 5) is 26.1. The van der Waals surface area contributed by atoms with Crippen LogP contribution in [-0.4, -0.2) is 42.5 Å². The molecule has 0 radical (unpaired) electrons. The molecule has 1 aliphatic carbocycles. The minimum absolute atomic E-state index is 0.0661. The van der Waals surface area contributed by atoms with E-state index in [1.165, 1.54) is 0 Å². The molecule has 0 saturated carbocycles. The molecule has 0 spiro atoms. The van der Waals surface area contributed by atoms with Crippen molar-refractivity contribution in [2.45, 2.75) is 24.9 Å². The maximum absolute atomic E-state index is 13.5. The lowest BCUT2D eigenvalue weighted by atomic mass is 9.98. The van der Waals surface area contributed by atoms with E-state index in [0.29, 0.717) is 5.56 Å². The minimum atomic E-state index is -5.25. The Labute approximate surface area is 222 Å². The lowest BCUT2D eigenvalue weighted by molar-refractivity contribution is -0.211. The number of halogens is 3. The third-order valence-corrected chi connectivity index (χ3v) is 6.81. The molecule has 0 saturated heterocycles. The number of hydrogen-bond acceptors (Lipinski definition) is 5. The number of ether oxygens (including phenoxy) is 2. The number of esters is 1. The van der Waals surface area contributed by atoms with Crippen molar-refractivity contribution in [2.24, 2.45) is 5.73 Å². The van der Waals surface area contributed by atoms with Crippen LogP contribution in [0.3, 0.4) is 0 Å². The normalized spacial score (nSPS) is 13.4. The highest BCUT2D eigenvalue weighted by Gasteiger charge is 2.44. The van der Waals surface area contributed by atoms with Crippen LogP contribution in [0, 0.1) is 0 Å². The van der Waals surface area contributed by atoms with Crippen molar-refractivity contribution in [3.05, 3.63) is 108 Å². The van der Waals surface area contributed by atoms with Crippen molar-refractivity contribution in [1.82, 2.24) is 4.90 Å². The monoisotopic (exact) mass is 534 g/mol. The number of fused-ring (bicyclic) bond motifs is 4. The van der Waals surface area contributed by atoms with Gasteiger partial charge < -0.3 is 15.2 Å². The summed E-state index contributed by atoms with van der Waals surface area (Å²) in [7, 11) is 0. The van der Waals surface area contributed by atoms with E-state index in [4.69, 9.17) is 10.5 Å². The molecule has 2 N–H and O–H groups in total. The summed E-state index contributed by atoms with van der Waals surface area (Å²) in [6.45, 7) is -0.814. The van der Waals surface area contributed by atoms with Gasteiger partial charge >= 0.3 is 18.2 Å². The van der Waals surface area contributed by atoms with Crippen molar-refractivity contribution in [2.75, 3.05) is 13.2 Å². The van der Waals surface area contributed by atoms with E-state index in [2.05, 4.69) is 4.74 Å². The number of hydrogen-bond donors (Lipinski definition) is 1. The van der Waals surface area contributed by atoms with Crippen molar-refractivity contribution in [1.29, 1.82) is 0 Å². The second-order valence-electron chi connectivity index (χ2n) is 9.16. The number of amides is 1. The van der Waals surface area contributed by atoms with Crippen molar-refractivity contribution in [3.8, 4) is 11.1 Å². The quantitative estimate of drug-likeness (QED) is 0.233. The van der Waals surface area contributed by atoms with Crippen LogP contribution in [0.25, 0.3) is 21.9 Å². The highest BCUT2D eigenvalue weighted by Crippen LogP contribution is 2.44. The summed E-state index contributed by atoms with van der Waals surface area (Å²) >= 11 is 0. The Morgan fingerprint density at radius 3 is 2.08 bits per heavy atom. The first-order valence-corrected chi connectivity index (χ1v) is 12.3. The predicted octanol–water partition coefficient (Wildman–Crippen LogP) is 5.98.